The maximum atomic E-state index is 11.8. The third-order valence-corrected chi connectivity index (χ3v) is 3.85. The molecule has 2 aromatic carbocycles. The van der Waals surface area contributed by atoms with Crippen molar-refractivity contribution in [3.8, 4) is 17.2 Å². The number of carbonyl (C=O) groups excluding carboxylic acids is 1. The van der Waals surface area contributed by atoms with Crippen LogP contribution in [-0.4, -0.2) is 31.3 Å². The molecule has 25 heavy (non-hydrogen) atoms. The molecule has 134 valence electrons. The number of benzene rings is 2. The molecule has 0 aromatic heterocycles. The number of phenolic OH excluding ortho intramolecular Hbond substituents is 1. The smallest absolute Gasteiger partial charge is 0.220 e. The first-order chi connectivity index (χ1) is 12.0. The average Bonchev–Trinajstić information content (AvgIpc) is 2.58. The van der Waals surface area contributed by atoms with Crippen molar-refractivity contribution >= 4 is 5.91 Å². The topological polar surface area (TPSA) is 67.8 Å². The lowest BCUT2D eigenvalue weighted by Gasteiger charge is -2.14. The van der Waals surface area contributed by atoms with Crippen LogP contribution in [0, 0.1) is 13.8 Å². The van der Waals surface area contributed by atoms with Crippen LogP contribution in [0.2, 0.25) is 0 Å². The number of hydrogen-bond donors (Lipinski definition) is 2. The maximum absolute atomic E-state index is 11.8. The first kappa shape index (κ1) is 18.8. The van der Waals surface area contributed by atoms with E-state index in [0.717, 1.165) is 22.4 Å². The fraction of sp³-hybridized carbons (Fsp3) is 0.350. The molecule has 0 aliphatic heterocycles. The normalized spacial score (nSPS) is 10.5. The van der Waals surface area contributed by atoms with E-state index in [4.69, 9.17) is 9.47 Å². The molecule has 0 bridgehead atoms. The van der Waals surface area contributed by atoms with Crippen LogP contribution in [-0.2, 0) is 16.0 Å². The van der Waals surface area contributed by atoms with Crippen LogP contribution in [0.3, 0.4) is 0 Å². The quantitative estimate of drug-likeness (QED) is 0.720. The van der Waals surface area contributed by atoms with Crippen LogP contribution in [0.15, 0.2) is 36.4 Å². The van der Waals surface area contributed by atoms with Gasteiger partial charge < -0.3 is 19.9 Å². The number of phenols is 1. The molecule has 0 saturated heterocycles. The Morgan fingerprint density at radius 3 is 2.36 bits per heavy atom. The van der Waals surface area contributed by atoms with Gasteiger partial charge in [-0.3, -0.25) is 4.79 Å². The molecular weight excluding hydrogens is 318 g/mol. The van der Waals surface area contributed by atoms with Gasteiger partial charge in [0.25, 0.3) is 0 Å². The number of ether oxygens (including phenoxy) is 2. The van der Waals surface area contributed by atoms with Gasteiger partial charge in [-0.15, -0.1) is 0 Å². The summed E-state index contributed by atoms with van der Waals surface area (Å²) in [4.78, 5) is 11.8. The molecule has 0 aliphatic rings. The second-order valence-electron chi connectivity index (χ2n) is 6.00. The molecule has 0 aliphatic carbocycles. The zero-order valence-corrected chi connectivity index (χ0v) is 15.0. The Morgan fingerprint density at radius 1 is 1.12 bits per heavy atom. The van der Waals surface area contributed by atoms with Gasteiger partial charge in [0.2, 0.25) is 5.91 Å². The molecule has 5 heteroatoms. The second-order valence-corrected chi connectivity index (χ2v) is 6.00. The molecule has 0 heterocycles. The van der Waals surface area contributed by atoms with Gasteiger partial charge in [-0.1, -0.05) is 12.1 Å². The van der Waals surface area contributed by atoms with Gasteiger partial charge in [0.1, 0.15) is 17.2 Å². The van der Waals surface area contributed by atoms with Crippen molar-refractivity contribution < 1.29 is 19.4 Å². The number of methoxy groups -OCH3 is 1. The van der Waals surface area contributed by atoms with Crippen LogP contribution in [0.5, 0.6) is 17.2 Å². The van der Waals surface area contributed by atoms with Crippen LogP contribution in [0.25, 0.3) is 0 Å². The van der Waals surface area contributed by atoms with Gasteiger partial charge >= 0.3 is 0 Å². The van der Waals surface area contributed by atoms with E-state index >= 15 is 0 Å². The SMILES string of the molecule is COCCNC(=O)CCc1cc(C)c(Oc2ccc(O)cc2)c(C)c1. The summed E-state index contributed by atoms with van der Waals surface area (Å²) in [6.07, 6.45) is 1.13. The van der Waals surface area contributed by atoms with Crippen LogP contribution >= 0.6 is 0 Å². The van der Waals surface area contributed by atoms with E-state index < -0.39 is 0 Å². The van der Waals surface area contributed by atoms with Crippen LogP contribution in [0.4, 0.5) is 0 Å². The monoisotopic (exact) mass is 343 g/mol. The molecule has 0 unspecified atom stereocenters. The minimum atomic E-state index is 0.0248. The largest absolute Gasteiger partial charge is 0.508 e. The van der Waals surface area contributed by atoms with Gasteiger partial charge in [-0.2, -0.15) is 0 Å². The molecule has 2 rings (SSSR count). The molecule has 0 fully saturated rings. The highest BCUT2D eigenvalue weighted by Gasteiger charge is 2.09. The Bertz CT molecular complexity index is 687. The van der Waals surface area contributed by atoms with Gasteiger partial charge in [0.05, 0.1) is 6.61 Å². The summed E-state index contributed by atoms with van der Waals surface area (Å²) in [6, 6.07) is 10.7. The van der Waals surface area contributed by atoms with Crippen molar-refractivity contribution in [1.82, 2.24) is 5.32 Å². The summed E-state index contributed by atoms with van der Waals surface area (Å²) in [5.41, 5.74) is 3.14. The number of aromatic hydroxyl groups is 1. The van der Waals surface area contributed by atoms with E-state index in [2.05, 4.69) is 5.32 Å². The zero-order chi connectivity index (χ0) is 18.2. The van der Waals surface area contributed by atoms with E-state index in [1.807, 2.05) is 26.0 Å². The third-order valence-electron chi connectivity index (χ3n) is 3.85. The Morgan fingerprint density at radius 2 is 1.76 bits per heavy atom. The number of rotatable bonds is 8. The van der Waals surface area contributed by atoms with E-state index in [0.29, 0.717) is 31.7 Å². The predicted octanol–water partition coefficient (Wildman–Crippen LogP) is 3.50. The Hall–Kier alpha value is -2.53. The van der Waals surface area contributed by atoms with Crippen molar-refractivity contribution in [2.75, 3.05) is 20.3 Å². The predicted molar refractivity (Wildman–Crippen MR) is 97.3 cm³/mol. The molecule has 0 saturated carbocycles. The van der Waals surface area contributed by atoms with E-state index in [-0.39, 0.29) is 11.7 Å². The highest BCUT2D eigenvalue weighted by atomic mass is 16.5. The van der Waals surface area contributed by atoms with E-state index in [1.165, 1.54) is 0 Å². The molecule has 0 spiro atoms. The summed E-state index contributed by atoms with van der Waals surface area (Å²) in [5.74, 6) is 1.71. The molecule has 1 amide bonds. The average molecular weight is 343 g/mol. The summed E-state index contributed by atoms with van der Waals surface area (Å²) >= 11 is 0. The highest BCUT2D eigenvalue weighted by molar-refractivity contribution is 5.76. The van der Waals surface area contributed by atoms with Gasteiger partial charge in [0, 0.05) is 20.1 Å². The van der Waals surface area contributed by atoms with Gasteiger partial charge in [-0.25, -0.2) is 0 Å². The van der Waals surface area contributed by atoms with E-state index in [9.17, 15) is 9.90 Å². The summed E-state index contributed by atoms with van der Waals surface area (Å²) in [7, 11) is 1.61. The van der Waals surface area contributed by atoms with Crippen molar-refractivity contribution in [3.05, 3.63) is 53.1 Å². The fourth-order valence-electron chi connectivity index (χ4n) is 2.62. The Kier molecular flexibility index (Phi) is 6.83. The minimum Gasteiger partial charge on any atom is -0.508 e. The Balaban J connectivity index is 1.99. The Labute approximate surface area is 148 Å². The number of aryl methyl sites for hydroxylation is 3. The lowest BCUT2D eigenvalue weighted by atomic mass is 10.0. The first-order valence-corrected chi connectivity index (χ1v) is 8.32. The standard InChI is InChI=1S/C20H25NO4/c1-14-12-16(4-9-19(23)21-10-11-24-3)13-15(2)20(14)25-18-7-5-17(22)6-8-18/h5-8,12-13,22H,4,9-11H2,1-3H3,(H,21,23). The molecule has 2 aromatic rings. The van der Waals surface area contributed by atoms with Crippen LogP contribution < -0.4 is 10.1 Å². The highest BCUT2D eigenvalue weighted by Crippen LogP contribution is 2.30. The lowest BCUT2D eigenvalue weighted by molar-refractivity contribution is -0.121. The van der Waals surface area contributed by atoms with Gasteiger partial charge in [-0.05, 0) is 61.2 Å². The zero-order valence-electron chi connectivity index (χ0n) is 15.0. The molecule has 5 nitrogen and oxygen atoms in total. The number of hydrogen-bond acceptors (Lipinski definition) is 4. The lowest BCUT2D eigenvalue weighted by Crippen LogP contribution is -2.27. The van der Waals surface area contributed by atoms with Crippen molar-refractivity contribution in [2.45, 2.75) is 26.7 Å². The number of carbonyl (C=O) groups is 1. The van der Waals surface area contributed by atoms with Gasteiger partial charge in [0.15, 0.2) is 0 Å². The summed E-state index contributed by atoms with van der Waals surface area (Å²) in [6.45, 7) is 5.04. The van der Waals surface area contributed by atoms with Crippen LogP contribution in [0.1, 0.15) is 23.1 Å². The number of amides is 1. The summed E-state index contributed by atoms with van der Waals surface area (Å²) < 4.78 is 10.8. The minimum absolute atomic E-state index is 0.0248. The molecule has 0 radical (unpaired) electrons. The maximum Gasteiger partial charge on any atom is 0.220 e. The van der Waals surface area contributed by atoms with Crippen molar-refractivity contribution in [1.29, 1.82) is 0 Å². The van der Waals surface area contributed by atoms with Crippen molar-refractivity contribution in [3.63, 3.8) is 0 Å². The molecular formula is C20H25NO4. The first-order valence-electron chi connectivity index (χ1n) is 8.32. The second kappa shape index (κ2) is 9.08. The van der Waals surface area contributed by atoms with Crippen molar-refractivity contribution in [2.24, 2.45) is 0 Å². The molecule has 2 N–H and O–H groups in total. The summed E-state index contributed by atoms with van der Waals surface area (Å²) in [5, 5.41) is 12.2. The number of nitrogens with one attached hydrogen (secondary N) is 1. The molecule has 0 atom stereocenters. The van der Waals surface area contributed by atoms with E-state index in [1.54, 1.807) is 31.4 Å². The fourth-order valence-corrected chi connectivity index (χ4v) is 2.62. The third kappa shape index (κ3) is 5.80.